The molecule has 0 bridgehead atoms. The third kappa shape index (κ3) is 2.76. The maximum absolute atomic E-state index is 13.0. The summed E-state index contributed by atoms with van der Waals surface area (Å²) in [6.07, 6.45) is 0.963. The Kier molecular flexibility index (Phi) is 3.73. The zero-order chi connectivity index (χ0) is 17.4. The van der Waals surface area contributed by atoms with Gasteiger partial charge in [0, 0.05) is 24.2 Å². The van der Waals surface area contributed by atoms with E-state index in [1.807, 2.05) is 6.07 Å². The number of carboxylic acid groups (broad SMARTS) is 1. The minimum absolute atomic E-state index is 0.174. The van der Waals surface area contributed by atoms with Gasteiger partial charge in [0.1, 0.15) is 5.52 Å². The fraction of sp³-hybridized carbons (Fsp3) is 0.235. The maximum Gasteiger partial charge on any atom is 0.371 e. The van der Waals surface area contributed by atoms with Crippen LogP contribution in [0.4, 0.5) is 5.82 Å². The molecule has 1 fully saturated rings. The number of fused-ring (bicyclic) bond motifs is 1. The molecular weight excluding hydrogens is 324 g/mol. The summed E-state index contributed by atoms with van der Waals surface area (Å²) in [7, 11) is 0. The van der Waals surface area contributed by atoms with Crippen molar-refractivity contribution >= 4 is 28.8 Å². The summed E-state index contributed by atoms with van der Waals surface area (Å²) in [4.78, 5) is 25.6. The van der Waals surface area contributed by atoms with Gasteiger partial charge in [-0.3, -0.25) is 14.8 Å². The van der Waals surface area contributed by atoms with E-state index < -0.39 is 5.97 Å². The highest BCUT2D eigenvalue weighted by atomic mass is 16.4. The van der Waals surface area contributed by atoms with Gasteiger partial charge in [-0.2, -0.15) is 5.10 Å². The largest absolute Gasteiger partial charge is 0.475 e. The zero-order valence-electron chi connectivity index (χ0n) is 13.2. The number of aromatic amines is 1. The number of hydrogen-bond acceptors (Lipinski definition) is 5. The molecule has 1 amide bonds. The highest BCUT2D eigenvalue weighted by molar-refractivity contribution is 6.09. The highest BCUT2D eigenvalue weighted by Crippen LogP contribution is 2.29. The van der Waals surface area contributed by atoms with Crippen molar-refractivity contribution in [2.75, 3.05) is 18.0 Å². The van der Waals surface area contributed by atoms with E-state index in [2.05, 4.69) is 15.5 Å². The molecule has 0 aliphatic carbocycles. The van der Waals surface area contributed by atoms with Gasteiger partial charge in [-0.25, -0.2) is 4.79 Å². The quantitative estimate of drug-likeness (QED) is 0.654. The van der Waals surface area contributed by atoms with Crippen LogP contribution < -0.4 is 10.2 Å². The summed E-state index contributed by atoms with van der Waals surface area (Å²) in [5.41, 5.74) is 1.24. The minimum Gasteiger partial charge on any atom is -0.475 e. The second kappa shape index (κ2) is 6.06. The topological polar surface area (TPSA) is 111 Å². The van der Waals surface area contributed by atoms with Gasteiger partial charge in [0.05, 0.1) is 0 Å². The van der Waals surface area contributed by atoms with E-state index in [-0.39, 0.29) is 23.3 Å². The van der Waals surface area contributed by atoms with Crippen molar-refractivity contribution in [3.8, 4) is 0 Å². The molecule has 8 nitrogen and oxygen atoms in total. The Bertz CT molecular complexity index is 927. The van der Waals surface area contributed by atoms with Crippen molar-refractivity contribution in [2.24, 2.45) is 0 Å². The summed E-state index contributed by atoms with van der Waals surface area (Å²) in [6, 6.07) is 10.4. The Morgan fingerprint density at radius 2 is 2.08 bits per heavy atom. The molecule has 1 aliphatic rings. The molecule has 8 heteroatoms. The van der Waals surface area contributed by atoms with Crippen LogP contribution in [0.25, 0.3) is 11.1 Å². The molecular formula is C17H16N4O4. The smallest absolute Gasteiger partial charge is 0.371 e. The predicted octanol–water partition coefficient (Wildman–Crippen LogP) is 1.86. The predicted molar refractivity (Wildman–Crippen MR) is 89.8 cm³/mol. The van der Waals surface area contributed by atoms with E-state index in [4.69, 9.17) is 9.52 Å². The number of nitrogens with one attached hydrogen (secondary N) is 2. The monoisotopic (exact) mass is 340 g/mol. The molecule has 1 saturated heterocycles. The van der Waals surface area contributed by atoms with Crippen LogP contribution in [0.5, 0.6) is 0 Å². The van der Waals surface area contributed by atoms with E-state index in [1.165, 1.54) is 11.0 Å². The van der Waals surface area contributed by atoms with Gasteiger partial charge in [-0.1, -0.05) is 18.2 Å². The molecule has 1 unspecified atom stereocenters. The molecule has 0 spiro atoms. The van der Waals surface area contributed by atoms with Gasteiger partial charge in [0.2, 0.25) is 11.6 Å². The van der Waals surface area contributed by atoms with Crippen LogP contribution >= 0.6 is 0 Å². The van der Waals surface area contributed by atoms with Crippen molar-refractivity contribution in [2.45, 2.75) is 12.5 Å². The van der Waals surface area contributed by atoms with Crippen molar-refractivity contribution in [3.05, 3.63) is 47.7 Å². The van der Waals surface area contributed by atoms with Crippen molar-refractivity contribution in [1.29, 1.82) is 0 Å². The number of carboxylic acids is 1. The van der Waals surface area contributed by atoms with Crippen molar-refractivity contribution < 1.29 is 19.1 Å². The van der Waals surface area contributed by atoms with E-state index >= 15 is 0 Å². The number of anilines is 1. The Labute approximate surface area is 142 Å². The van der Waals surface area contributed by atoms with Crippen LogP contribution in [-0.4, -0.2) is 46.3 Å². The van der Waals surface area contributed by atoms with E-state index in [0.717, 1.165) is 13.0 Å². The molecule has 3 heterocycles. The molecule has 0 radical (unpaired) electrons. The van der Waals surface area contributed by atoms with E-state index in [0.29, 0.717) is 23.4 Å². The Balaban J connectivity index is 1.74. The van der Waals surface area contributed by atoms with Crippen molar-refractivity contribution in [1.82, 2.24) is 15.5 Å². The number of aromatic nitrogens is 2. The summed E-state index contributed by atoms with van der Waals surface area (Å²) < 4.78 is 5.39. The third-order valence-electron chi connectivity index (χ3n) is 4.28. The van der Waals surface area contributed by atoms with Gasteiger partial charge in [0.25, 0.3) is 5.91 Å². The van der Waals surface area contributed by atoms with Gasteiger partial charge >= 0.3 is 5.97 Å². The second-order valence-electron chi connectivity index (χ2n) is 5.93. The lowest BCUT2D eigenvalue weighted by Gasteiger charge is -2.32. The van der Waals surface area contributed by atoms with Crippen LogP contribution in [0.2, 0.25) is 0 Å². The lowest BCUT2D eigenvalue weighted by molar-refractivity contribution is 0.0665. The van der Waals surface area contributed by atoms with Gasteiger partial charge in [0.15, 0.2) is 5.58 Å². The number of H-pyrrole nitrogens is 1. The fourth-order valence-corrected chi connectivity index (χ4v) is 2.82. The summed E-state index contributed by atoms with van der Waals surface area (Å²) >= 11 is 0. The Hall–Kier alpha value is -3.13. The third-order valence-corrected chi connectivity index (χ3v) is 4.28. The number of furan rings is 1. The van der Waals surface area contributed by atoms with Crippen LogP contribution in [0.15, 0.2) is 40.8 Å². The molecule has 1 atom stereocenters. The van der Waals surface area contributed by atoms with Crippen LogP contribution in [0, 0.1) is 0 Å². The molecule has 1 aliphatic heterocycles. The normalized spacial score (nSPS) is 16.6. The molecule has 128 valence electrons. The SMILES string of the molecule is O=C(O)c1cc2[nH]nc(N(CC3CCN3)C(=O)c3ccccc3)c2o1. The standard InChI is InChI=1S/C17H16N4O4/c22-16(10-4-2-1-3-5-10)21(9-11-6-7-18-11)15-14-12(19-20-15)8-13(25-14)17(23)24/h1-5,8,11,18H,6-7,9H2,(H,19,20)(H,23,24). The molecule has 3 aromatic rings. The average molecular weight is 340 g/mol. The Morgan fingerprint density at radius 3 is 2.72 bits per heavy atom. The number of carbonyl (C=O) groups excluding carboxylic acids is 1. The molecule has 25 heavy (non-hydrogen) atoms. The fourth-order valence-electron chi connectivity index (χ4n) is 2.82. The first-order valence-corrected chi connectivity index (χ1v) is 7.95. The average Bonchev–Trinajstić information content (AvgIpc) is 3.15. The highest BCUT2D eigenvalue weighted by Gasteiger charge is 2.29. The number of nitrogens with zero attached hydrogens (tertiary/aromatic N) is 2. The van der Waals surface area contributed by atoms with Crippen LogP contribution in [-0.2, 0) is 0 Å². The summed E-state index contributed by atoms with van der Waals surface area (Å²) in [5.74, 6) is -1.28. The van der Waals surface area contributed by atoms with Gasteiger partial charge < -0.3 is 14.8 Å². The number of amides is 1. The first-order chi connectivity index (χ1) is 12.1. The molecule has 1 aromatic carbocycles. The summed E-state index contributed by atoms with van der Waals surface area (Å²) in [6.45, 7) is 1.34. The maximum atomic E-state index is 13.0. The number of hydrogen-bond donors (Lipinski definition) is 3. The van der Waals surface area contributed by atoms with Crippen LogP contribution in [0.1, 0.15) is 27.3 Å². The van der Waals surface area contributed by atoms with E-state index in [9.17, 15) is 9.59 Å². The first-order valence-electron chi connectivity index (χ1n) is 7.95. The first kappa shape index (κ1) is 15.4. The number of benzene rings is 1. The number of carbonyl (C=O) groups is 2. The Morgan fingerprint density at radius 1 is 1.32 bits per heavy atom. The molecule has 0 saturated carbocycles. The van der Waals surface area contributed by atoms with Gasteiger partial charge in [-0.15, -0.1) is 0 Å². The molecule has 2 aromatic heterocycles. The lowest BCUT2D eigenvalue weighted by atomic mass is 10.1. The molecule has 4 rings (SSSR count). The van der Waals surface area contributed by atoms with Crippen molar-refractivity contribution in [3.63, 3.8) is 0 Å². The minimum atomic E-state index is -1.17. The van der Waals surface area contributed by atoms with Gasteiger partial charge in [-0.05, 0) is 25.1 Å². The number of rotatable bonds is 5. The molecule has 3 N–H and O–H groups in total. The summed E-state index contributed by atoms with van der Waals surface area (Å²) in [5, 5.41) is 19.3. The lowest BCUT2D eigenvalue weighted by Crippen LogP contribution is -2.51. The van der Waals surface area contributed by atoms with Crippen LogP contribution in [0.3, 0.4) is 0 Å². The number of aromatic carboxylic acids is 1. The zero-order valence-corrected chi connectivity index (χ0v) is 13.2. The van der Waals surface area contributed by atoms with E-state index in [1.54, 1.807) is 24.3 Å². The second-order valence-corrected chi connectivity index (χ2v) is 5.93.